The zero-order valence-corrected chi connectivity index (χ0v) is 17.2. The lowest BCUT2D eigenvalue weighted by atomic mass is 10.1. The molecule has 146 valence electrons. The molecule has 1 saturated heterocycles. The summed E-state index contributed by atoms with van der Waals surface area (Å²) in [7, 11) is 0. The number of aryl methyl sites for hydroxylation is 2. The van der Waals surface area contributed by atoms with Gasteiger partial charge in [0.2, 0.25) is 0 Å². The van der Waals surface area contributed by atoms with Gasteiger partial charge >= 0.3 is 0 Å². The van der Waals surface area contributed by atoms with Crippen molar-refractivity contribution in [3.8, 4) is 5.75 Å². The van der Waals surface area contributed by atoms with Gasteiger partial charge in [0.25, 0.3) is 0 Å². The van der Waals surface area contributed by atoms with E-state index in [9.17, 15) is 5.11 Å². The van der Waals surface area contributed by atoms with E-state index >= 15 is 0 Å². The highest BCUT2D eigenvalue weighted by molar-refractivity contribution is 6.30. The Kier molecular flexibility index (Phi) is 6.64. The van der Waals surface area contributed by atoms with E-state index in [-0.39, 0.29) is 0 Å². The first-order valence-corrected chi connectivity index (χ1v) is 9.92. The van der Waals surface area contributed by atoms with Crippen LogP contribution in [0.3, 0.4) is 0 Å². The Morgan fingerprint density at radius 3 is 2.52 bits per heavy atom. The molecular weight excluding hydrogens is 360 g/mol. The van der Waals surface area contributed by atoms with Crippen molar-refractivity contribution in [1.29, 1.82) is 0 Å². The average Bonchev–Trinajstić information content (AvgIpc) is 2.65. The normalized spacial score (nSPS) is 16.4. The molecule has 0 aliphatic carbocycles. The third-order valence-electron chi connectivity index (χ3n) is 5.34. The number of hydrogen-bond donors (Lipinski definition) is 1. The molecule has 1 atom stereocenters. The average molecular weight is 389 g/mol. The number of nitrogens with zero attached hydrogens (tertiary/aromatic N) is 2. The zero-order chi connectivity index (χ0) is 19.4. The van der Waals surface area contributed by atoms with Gasteiger partial charge in [-0.05, 0) is 55.7 Å². The van der Waals surface area contributed by atoms with Crippen LogP contribution in [0.25, 0.3) is 0 Å². The van der Waals surface area contributed by atoms with Crippen LogP contribution in [0, 0.1) is 20.8 Å². The maximum atomic E-state index is 10.4. The number of piperazine rings is 1. The van der Waals surface area contributed by atoms with Gasteiger partial charge in [0.05, 0.1) is 0 Å². The first kappa shape index (κ1) is 20.0. The monoisotopic (exact) mass is 388 g/mol. The van der Waals surface area contributed by atoms with Crippen molar-refractivity contribution in [3.05, 3.63) is 58.1 Å². The van der Waals surface area contributed by atoms with Crippen LogP contribution in [0.2, 0.25) is 5.02 Å². The van der Waals surface area contributed by atoms with Gasteiger partial charge in [-0.2, -0.15) is 0 Å². The molecule has 1 heterocycles. The van der Waals surface area contributed by atoms with Crippen molar-refractivity contribution >= 4 is 17.3 Å². The lowest BCUT2D eigenvalue weighted by molar-refractivity contribution is 0.0660. The molecule has 2 aromatic rings. The smallest absolute Gasteiger partial charge is 0.122 e. The number of aliphatic hydroxyl groups excluding tert-OH is 1. The SMILES string of the molecule is Cc1ccc(Cl)cc1N1CCN(CC(O)COc2cccc(C)c2C)CC1. The van der Waals surface area contributed by atoms with E-state index in [0.29, 0.717) is 13.2 Å². The molecule has 0 saturated carbocycles. The number of β-amino-alcohol motifs (C(OH)–C–C–N with tert-alkyl or cyclic N) is 1. The number of aliphatic hydroxyl groups is 1. The van der Waals surface area contributed by atoms with Crippen molar-refractivity contribution in [2.24, 2.45) is 0 Å². The minimum absolute atomic E-state index is 0.317. The van der Waals surface area contributed by atoms with Gasteiger partial charge in [0.1, 0.15) is 18.5 Å². The quantitative estimate of drug-likeness (QED) is 0.815. The Labute approximate surface area is 167 Å². The van der Waals surface area contributed by atoms with Gasteiger partial charge in [-0.1, -0.05) is 29.8 Å². The standard InChI is InChI=1S/C22H29ClN2O2/c1-16-5-4-6-22(18(16)3)27-15-20(26)14-24-9-11-25(12-10-24)21-13-19(23)8-7-17(21)2/h4-8,13,20,26H,9-12,14-15H2,1-3H3. The van der Waals surface area contributed by atoms with Crippen LogP contribution in [0.15, 0.2) is 36.4 Å². The summed E-state index contributed by atoms with van der Waals surface area (Å²) in [5.41, 5.74) is 4.79. The Morgan fingerprint density at radius 2 is 1.78 bits per heavy atom. The van der Waals surface area contributed by atoms with E-state index in [1.165, 1.54) is 16.8 Å². The maximum absolute atomic E-state index is 10.4. The summed E-state index contributed by atoms with van der Waals surface area (Å²) in [5, 5.41) is 11.2. The summed E-state index contributed by atoms with van der Waals surface area (Å²) in [6.07, 6.45) is -0.496. The minimum atomic E-state index is -0.496. The second kappa shape index (κ2) is 8.96. The highest BCUT2D eigenvalue weighted by atomic mass is 35.5. The summed E-state index contributed by atoms with van der Waals surface area (Å²) >= 11 is 6.16. The van der Waals surface area contributed by atoms with E-state index in [1.54, 1.807) is 0 Å². The lowest BCUT2D eigenvalue weighted by Crippen LogP contribution is -2.49. The van der Waals surface area contributed by atoms with Gasteiger partial charge in [0, 0.05) is 43.4 Å². The Hall–Kier alpha value is -1.75. The molecule has 0 radical (unpaired) electrons. The number of anilines is 1. The van der Waals surface area contributed by atoms with Crippen molar-refractivity contribution in [3.63, 3.8) is 0 Å². The molecule has 0 spiro atoms. The van der Waals surface area contributed by atoms with E-state index in [4.69, 9.17) is 16.3 Å². The van der Waals surface area contributed by atoms with Gasteiger partial charge in [0.15, 0.2) is 0 Å². The molecule has 1 unspecified atom stereocenters. The van der Waals surface area contributed by atoms with E-state index < -0.39 is 6.10 Å². The number of hydrogen-bond acceptors (Lipinski definition) is 4. The molecule has 2 aromatic carbocycles. The van der Waals surface area contributed by atoms with E-state index in [1.807, 2.05) is 31.2 Å². The highest BCUT2D eigenvalue weighted by Crippen LogP contribution is 2.25. The predicted molar refractivity (Wildman–Crippen MR) is 112 cm³/mol. The summed E-state index contributed by atoms with van der Waals surface area (Å²) in [5.74, 6) is 0.857. The van der Waals surface area contributed by atoms with Crippen LogP contribution in [-0.4, -0.2) is 55.4 Å². The first-order chi connectivity index (χ1) is 12.9. The predicted octanol–water partition coefficient (Wildman–Crippen LogP) is 3.83. The number of rotatable bonds is 6. The molecule has 4 nitrogen and oxygen atoms in total. The highest BCUT2D eigenvalue weighted by Gasteiger charge is 2.21. The molecule has 3 rings (SSSR count). The third-order valence-corrected chi connectivity index (χ3v) is 5.57. The Bertz CT molecular complexity index is 773. The van der Waals surface area contributed by atoms with Crippen LogP contribution in [-0.2, 0) is 0 Å². The van der Waals surface area contributed by atoms with Gasteiger partial charge in [-0.15, -0.1) is 0 Å². The second-order valence-electron chi connectivity index (χ2n) is 7.38. The minimum Gasteiger partial charge on any atom is -0.491 e. The molecule has 27 heavy (non-hydrogen) atoms. The Morgan fingerprint density at radius 1 is 1.04 bits per heavy atom. The van der Waals surface area contributed by atoms with Crippen LogP contribution < -0.4 is 9.64 Å². The molecule has 1 aliphatic heterocycles. The second-order valence-corrected chi connectivity index (χ2v) is 7.82. The molecule has 1 N–H and O–H groups in total. The molecule has 1 aliphatic rings. The fourth-order valence-electron chi connectivity index (χ4n) is 3.51. The molecule has 0 bridgehead atoms. The van der Waals surface area contributed by atoms with E-state index in [0.717, 1.165) is 42.5 Å². The Balaban J connectivity index is 1.47. The van der Waals surface area contributed by atoms with Crippen molar-refractivity contribution in [2.75, 3.05) is 44.2 Å². The third kappa shape index (κ3) is 5.16. The molecule has 5 heteroatoms. The van der Waals surface area contributed by atoms with Crippen LogP contribution in [0.4, 0.5) is 5.69 Å². The van der Waals surface area contributed by atoms with Gasteiger partial charge < -0.3 is 14.7 Å². The van der Waals surface area contributed by atoms with Gasteiger partial charge in [-0.25, -0.2) is 0 Å². The number of halogens is 1. The van der Waals surface area contributed by atoms with E-state index in [2.05, 4.69) is 35.8 Å². The summed E-state index contributed by atoms with van der Waals surface area (Å²) in [6.45, 7) is 10.9. The summed E-state index contributed by atoms with van der Waals surface area (Å²) in [6, 6.07) is 12.1. The van der Waals surface area contributed by atoms with Crippen LogP contribution in [0.5, 0.6) is 5.75 Å². The fraction of sp³-hybridized carbons (Fsp3) is 0.455. The topological polar surface area (TPSA) is 35.9 Å². The summed E-state index contributed by atoms with van der Waals surface area (Å²) in [4.78, 5) is 4.67. The first-order valence-electron chi connectivity index (χ1n) is 9.54. The zero-order valence-electron chi connectivity index (χ0n) is 16.4. The number of ether oxygens (including phenoxy) is 1. The van der Waals surface area contributed by atoms with Crippen molar-refractivity contribution < 1.29 is 9.84 Å². The lowest BCUT2D eigenvalue weighted by Gasteiger charge is -2.37. The molecule has 1 fully saturated rings. The summed E-state index contributed by atoms with van der Waals surface area (Å²) < 4.78 is 5.84. The largest absolute Gasteiger partial charge is 0.491 e. The molecule has 0 amide bonds. The fourth-order valence-corrected chi connectivity index (χ4v) is 3.68. The van der Waals surface area contributed by atoms with Gasteiger partial charge in [-0.3, -0.25) is 4.90 Å². The molecular formula is C22H29ClN2O2. The van der Waals surface area contributed by atoms with Crippen molar-refractivity contribution in [1.82, 2.24) is 4.90 Å². The van der Waals surface area contributed by atoms with Crippen LogP contribution >= 0.6 is 11.6 Å². The maximum Gasteiger partial charge on any atom is 0.122 e. The molecule has 0 aromatic heterocycles. The van der Waals surface area contributed by atoms with Crippen LogP contribution in [0.1, 0.15) is 16.7 Å². The van der Waals surface area contributed by atoms with Crippen molar-refractivity contribution in [2.45, 2.75) is 26.9 Å². The number of benzene rings is 2.